The summed E-state index contributed by atoms with van der Waals surface area (Å²) in [6.07, 6.45) is -3.58. The third kappa shape index (κ3) is 3.99. The van der Waals surface area contributed by atoms with Crippen LogP contribution in [-0.2, 0) is 0 Å². The lowest BCUT2D eigenvalue weighted by Gasteiger charge is -2.36. The summed E-state index contributed by atoms with van der Waals surface area (Å²) in [4.78, 5) is 6.07. The van der Waals surface area contributed by atoms with Crippen LogP contribution in [0.1, 0.15) is 13.8 Å². The highest BCUT2D eigenvalue weighted by Crippen LogP contribution is 2.24. The van der Waals surface area contributed by atoms with E-state index < -0.39 is 6.36 Å². The minimum atomic E-state index is -4.68. The van der Waals surface area contributed by atoms with Crippen LogP contribution in [0.25, 0.3) is 0 Å². The Bertz CT molecular complexity index is 411. The first-order chi connectivity index (χ1) is 8.83. The van der Waals surface area contributed by atoms with Gasteiger partial charge in [0, 0.05) is 25.2 Å². The van der Waals surface area contributed by atoms with Crippen LogP contribution >= 0.6 is 0 Å². The molecule has 0 aliphatic carbocycles. The Morgan fingerprint density at radius 3 is 2.37 bits per heavy atom. The van der Waals surface area contributed by atoms with E-state index in [1.807, 2.05) is 4.90 Å². The van der Waals surface area contributed by atoms with E-state index in [4.69, 9.17) is 0 Å². The lowest BCUT2D eigenvalue weighted by molar-refractivity contribution is -0.274. The fourth-order valence-electron chi connectivity index (χ4n) is 2.27. The minimum absolute atomic E-state index is 0.299. The van der Waals surface area contributed by atoms with Gasteiger partial charge in [-0.2, -0.15) is 0 Å². The number of ether oxygens (including phenoxy) is 1. The molecule has 0 aromatic carbocycles. The second kappa shape index (κ2) is 5.24. The fourth-order valence-corrected chi connectivity index (χ4v) is 2.27. The Morgan fingerprint density at radius 1 is 1.26 bits per heavy atom. The number of halogens is 3. The average molecular weight is 275 g/mol. The molecule has 7 heteroatoms. The van der Waals surface area contributed by atoms with Gasteiger partial charge in [0.15, 0.2) is 0 Å². The minimum Gasteiger partial charge on any atom is -0.404 e. The number of rotatable bonds is 2. The van der Waals surface area contributed by atoms with E-state index in [2.05, 4.69) is 28.9 Å². The number of hydrogen-bond acceptors (Lipinski definition) is 4. The van der Waals surface area contributed by atoms with Crippen LogP contribution in [0, 0.1) is 0 Å². The van der Waals surface area contributed by atoms with Crippen LogP contribution in [0.5, 0.6) is 5.75 Å². The molecule has 19 heavy (non-hydrogen) atoms. The zero-order chi connectivity index (χ0) is 14.0. The molecular formula is C12H16F3N3O. The molecule has 1 aromatic heterocycles. The first kappa shape index (κ1) is 13.9. The van der Waals surface area contributed by atoms with Crippen molar-refractivity contribution in [3.8, 4) is 5.75 Å². The molecular weight excluding hydrogens is 259 g/mol. The molecule has 4 nitrogen and oxygen atoms in total. The molecule has 1 aromatic rings. The van der Waals surface area contributed by atoms with Gasteiger partial charge in [-0.05, 0) is 26.0 Å². The maximum absolute atomic E-state index is 12.0. The van der Waals surface area contributed by atoms with Crippen molar-refractivity contribution >= 4 is 5.82 Å². The lowest BCUT2D eigenvalue weighted by atomic mass is 10.1. The Balaban J connectivity index is 2.05. The van der Waals surface area contributed by atoms with Gasteiger partial charge >= 0.3 is 6.36 Å². The Morgan fingerprint density at radius 2 is 1.89 bits per heavy atom. The van der Waals surface area contributed by atoms with Gasteiger partial charge in [0.05, 0.1) is 6.20 Å². The normalized spacial score (nSPS) is 24.4. The van der Waals surface area contributed by atoms with Crippen LogP contribution < -0.4 is 15.0 Å². The Kier molecular flexibility index (Phi) is 3.84. The first-order valence-electron chi connectivity index (χ1n) is 6.06. The molecule has 0 radical (unpaired) electrons. The summed E-state index contributed by atoms with van der Waals surface area (Å²) >= 11 is 0. The predicted octanol–water partition coefficient (Wildman–Crippen LogP) is 2.17. The summed E-state index contributed by atoms with van der Waals surface area (Å²) in [6, 6.07) is 3.47. The van der Waals surface area contributed by atoms with Crippen molar-refractivity contribution in [3.63, 3.8) is 0 Å². The first-order valence-corrected chi connectivity index (χ1v) is 6.06. The van der Waals surface area contributed by atoms with Crippen LogP contribution in [0.15, 0.2) is 18.3 Å². The second-order valence-electron chi connectivity index (χ2n) is 4.77. The highest BCUT2D eigenvalue weighted by atomic mass is 19.4. The van der Waals surface area contributed by atoms with Gasteiger partial charge < -0.3 is 15.0 Å². The van der Waals surface area contributed by atoms with Crippen molar-refractivity contribution in [2.45, 2.75) is 32.3 Å². The third-order valence-corrected chi connectivity index (χ3v) is 2.84. The number of aromatic nitrogens is 1. The number of pyridine rings is 1. The molecule has 0 saturated carbocycles. The molecule has 0 bridgehead atoms. The zero-order valence-electron chi connectivity index (χ0n) is 10.7. The van der Waals surface area contributed by atoms with E-state index in [1.54, 1.807) is 6.07 Å². The molecule has 2 rings (SSSR count). The number of nitrogens with zero attached hydrogens (tertiary/aromatic N) is 2. The summed E-state index contributed by atoms with van der Waals surface area (Å²) in [6.45, 7) is 5.67. The van der Waals surface area contributed by atoms with Gasteiger partial charge in [-0.25, -0.2) is 4.98 Å². The van der Waals surface area contributed by atoms with Gasteiger partial charge in [-0.3, -0.25) is 0 Å². The molecule has 0 amide bonds. The van der Waals surface area contributed by atoms with Gasteiger partial charge in [-0.1, -0.05) is 0 Å². The van der Waals surface area contributed by atoms with Crippen molar-refractivity contribution in [3.05, 3.63) is 18.3 Å². The predicted molar refractivity (Wildman–Crippen MR) is 65.2 cm³/mol. The monoisotopic (exact) mass is 275 g/mol. The number of piperazine rings is 1. The summed E-state index contributed by atoms with van der Waals surface area (Å²) in [7, 11) is 0. The van der Waals surface area contributed by atoms with E-state index in [-0.39, 0.29) is 5.75 Å². The van der Waals surface area contributed by atoms with Crippen LogP contribution in [0.3, 0.4) is 0 Å². The molecule has 1 aliphatic rings. The van der Waals surface area contributed by atoms with Crippen LogP contribution in [0.4, 0.5) is 19.0 Å². The molecule has 106 valence electrons. The SMILES string of the molecule is CC1CN(c2ccc(OC(F)(F)F)cn2)CC(C)N1. The van der Waals surface area contributed by atoms with Crippen molar-refractivity contribution in [2.75, 3.05) is 18.0 Å². The molecule has 2 atom stereocenters. The lowest BCUT2D eigenvalue weighted by Crippen LogP contribution is -2.54. The number of anilines is 1. The molecule has 2 heterocycles. The smallest absolute Gasteiger partial charge is 0.404 e. The van der Waals surface area contributed by atoms with Crippen molar-refractivity contribution < 1.29 is 17.9 Å². The third-order valence-electron chi connectivity index (χ3n) is 2.84. The van der Waals surface area contributed by atoms with Gasteiger partial charge in [0.1, 0.15) is 11.6 Å². The Hall–Kier alpha value is -1.50. The van der Waals surface area contributed by atoms with E-state index in [9.17, 15) is 13.2 Å². The highest BCUT2D eigenvalue weighted by molar-refractivity contribution is 5.42. The molecule has 1 aliphatic heterocycles. The topological polar surface area (TPSA) is 37.4 Å². The van der Waals surface area contributed by atoms with Gasteiger partial charge in [0.25, 0.3) is 0 Å². The number of nitrogens with one attached hydrogen (secondary N) is 1. The zero-order valence-corrected chi connectivity index (χ0v) is 10.7. The average Bonchev–Trinajstić information content (AvgIpc) is 2.26. The summed E-state index contributed by atoms with van der Waals surface area (Å²) in [5.41, 5.74) is 0. The van der Waals surface area contributed by atoms with E-state index >= 15 is 0 Å². The molecule has 1 fully saturated rings. The van der Waals surface area contributed by atoms with Gasteiger partial charge in [-0.15, -0.1) is 13.2 Å². The van der Waals surface area contributed by atoms with Gasteiger partial charge in [0.2, 0.25) is 0 Å². The van der Waals surface area contributed by atoms with Crippen molar-refractivity contribution in [2.24, 2.45) is 0 Å². The molecule has 1 saturated heterocycles. The standard InChI is InChI=1S/C12H16F3N3O/c1-8-6-18(7-9(2)17-8)11-4-3-10(5-16-11)19-12(13,14)15/h3-5,8-9,17H,6-7H2,1-2H3. The fraction of sp³-hybridized carbons (Fsp3) is 0.583. The summed E-state index contributed by atoms with van der Waals surface area (Å²) in [5, 5.41) is 3.38. The summed E-state index contributed by atoms with van der Waals surface area (Å²) < 4.78 is 39.9. The van der Waals surface area contributed by atoms with Crippen LogP contribution in [0.2, 0.25) is 0 Å². The molecule has 2 unspecified atom stereocenters. The Labute approximate surface area is 109 Å². The second-order valence-corrected chi connectivity index (χ2v) is 4.77. The largest absolute Gasteiger partial charge is 0.573 e. The maximum atomic E-state index is 12.0. The highest BCUT2D eigenvalue weighted by Gasteiger charge is 2.31. The van der Waals surface area contributed by atoms with E-state index in [1.165, 1.54) is 6.07 Å². The van der Waals surface area contributed by atoms with Crippen molar-refractivity contribution in [1.82, 2.24) is 10.3 Å². The summed E-state index contributed by atoms with van der Waals surface area (Å²) in [5.74, 6) is 0.363. The van der Waals surface area contributed by atoms with Crippen LogP contribution in [-0.4, -0.2) is 36.5 Å². The number of hydrogen-bond donors (Lipinski definition) is 1. The molecule has 1 N–H and O–H groups in total. The number of alkyl halides is 3. The molecule has 0 spiro atoms. The van der Waals surface area contributed by atoms with Crippen molar-refractivity contribution in [1.29, 1.82) is 0 Å². The maximum Gasteiger partial charge on any atom is 0.573 e. The quantitative estimate of drug-likeness (QED) is 0.897. The van der Waals surface area contributed by atoms with E-state index in [0.717, 1.165) is 19.3 Å². The van der Waals surface area contributed by atoms with E-state index in [0.29, 0.717) is 17.9 Å².